The molecule has 0 saturated heterocycles. The molecule has 0 radical (unpaired) electrons. The summed E-state index contributed by atoms with van der Waals surface area (Å²) in [5.74, 6) is -0.360. The summed E-state index contributed by atoms with van der Waals surface area (Å²) in [7, 11) is 0. The molecular weight excluding hydrogens is 227 g/mol. The van der Waals surface area contributed by atoms with Gasteiger partial charge in [-0.3, -0.25) is 0 Å². The molecular formula is C5H4F3NO2S2. The van der Waals surface area contributed by atoms with E-state index in [2.05, 4.69) is 4.98 Å². The molecule has 1 heterocycles. The van der Waals surface area contributed by atoms with Crippen molar-refractivity contribution in [2.24, 2.45) is 0 Å². The van der Waals surface area contributed by atoms with Crippen molar-refractivity contribution in [1.82, 2.24) is 4.98 Å². The number of aromatic nitrogens is 1. The lowest BCUT2D eigenvalue weighted by atomic mass is 10.5. The first kappa shape index (κ1) is 10.6. The first-order valence-corrected chi connectivity index (χ1v) is 5.08. The number of hydrogen-bond donors (Lipinski definition) is 1. The van der Waals surface area contributed by atoms with E-state index in [1.807, 2.05) is 0 Å². The highest BCUT2D eigenvalue weighted by Gasteiger charge is 2.33. The summed E-state index contributed by atoms with van der Waals surface area (Å²) >= 11 is -1.77. The summed E-state index contributed by atoms with van der Waals surface area (Å²) in [5, 5.41) is 0.00755. The van der Waals surface area contributed by atoms with E-state index in [0.717, 1.165) is 0 Å². The van der Waals surface area contributed by atoms with Gasteiger partial charge < -0.3 is 4.55 Å². The van der Waals surface area contributed by atoms with Crippen molar-refractivity contribution in [3.8, 4) is 0 Å². The maximum absolute atomic E-state index is 12.0. The van der Waals surface area contributed by atoms with Gasteiger partial charge in [-0.05, 0) is 0 Å². The van der Waals surface area contributed by atoms with Gasteiger partial charge >= 0.3 is 6.18 Å². The van der Waals surface area contributed by atoms with Crippen molar-refractivity contribution in [3.05, 3.63) is 16.1 Å². The van der Waals surface area contributed by atoms with Crippen molar-refractivity contribution in [3.63, 3.8) is 0 Å². The fourth-order valence-electron chi connectivity index (χ4n) is 0.614. The number of nitrogens with zero attached hydrogens (tertiary/aromatic N) is 1. The molecule has 13 heavy (non-hydrogen) atoms. The minimum atomic E-state index is -4.42. The average Bonchev–Trinajstić information content (AvgIpc) is 2.32. The average molecular weight is 231 g/mol. The van der Waals surface area contributed by atoms with Gasteiger partial charge in [0.15, 0.2) is 11.1 Å². The van der Waals surface area contributed by atoms with E-state index in [9.17, 15) is 17.4 Å². The second kappa shape index (κ2) is 3.72. The van der Waals surface area contributed by atoms with E-state index in [-0.39, 0.29) is 10.8 Å². The van der Waals surface area contributed by atoms with Gasteiger partial charge in [-0.25, -0.2) is 9.19 Å². The molecule has 0 amide bonds. The van der Waals surface area contributed by atoms with Gasteiger partial charge in [0.05, 0.1) is 6.20 Å². The summed E-state index contributed by atoms with van der Waals surface area (Å²) in [5.41, 5.74) is 0. The van der Waals surface area contributed by atoms with Gasteiger partial charge in [-0.1, -0.05) is 0 Å². The molecule has 1 N–H and O–H groups in total. The Kier molecular flexibility index (Phi) is 3.04. The Balaban J connectivity index is 2.81. The van der Waals surface area contributed by atoms with Crippen molar-refractivity contribution in [1.29, 1.82) is 0 Å². The second-order valence-corrected chi connectivity index (χ2v) is 4.13. The highest BCUT2D eigenvalue weighted by atomic mass is 32.2. The highest BCUT2D eigenvalue weighted by molar-refractivity contribution is 7.78. The van der Waals surface area contributed by atoms with Crippen molar-refractivity contribution in [2.45, 2.75) is 11.9 Å². The molecule has 1 aromatic rings. The molecule has 0 saturated carbocycles. The fraction of sp³-hybridized carbons (Fsp3) is 0.400. The largest absolute Gasteiger partial charge is 0.427 e. The Morgan fingerprint density at radius 1 is 1.62 bits per heavy atom. The lowest BCUT2D eigenvalue weighted by Crippen LogP contribution is -2.00. The predicted molar refractivity (Wildman–Crippen MR) is 41.6 cm³/mol. The molecule has 1 unspecified atom stereocenters. The van der Waals surface area contributed by atoms with Gasteiger partial charge in [-0.15, -0.1) is 11.3 Å². The Morgan fingerprint density at radius 3 is 2.62 bits per heavy atom. The monoisotopic (exact) mass is 231 g/mol. The van der Waals surface area contributed by atoms with Crippen molar-refractivity contribution in [2.75, 3.05) is 0 Å². The van der Waals surface area contributed by atoms with E-state index in [4.69, 9.17) is 4.55 Å². The van der Waals surface area contributed by atoms with Crippen LogP contribution in [0.25, 0.3) is 0 Å². The third kappa shape index (κ3) is 3.05. The van der Waals surface area contributed by atoms with Crippen LogP contribution in [0.1, 0.15) is 9.88 Å². The molecule has 74 valence electrons. The molecule has 0 spiro atoms. The predicted octanol–water partition coefficient (Wildman–Crippen LogP) is 1.88. The van der Waals surface area contributed by atoms with Crippen LogP contribution in [0.2, 0.25) is 0 Å². The van der Waals surface area contributed by atoms with Crippen LogP contribution < -0.4 is 0 Å². The minimum Gasteiger partial charge on any atom is -0.306 e. The number of rotatable bonds is 2. The zero-order valence-corrected chi connectivity index (χ0v) is 7.67. The molecule has 3 nitrogen and oxygen atoms in total. The van der Waals surface area contributed by atoms with Crippen LogP contribution in [0, 0.1) is 0 Å². The molecule has 0 bridgehead atoms. The third-order valence-corrected chi connectivity index (χ3v) is 2.83. The summed E-state index contributed by atoms with van der Waals surface area (Å²) < 4.78 is 54.5. The SMILES string of the molecule is O=S(O)Cc1ncc(C(F)(F)F)s1. The Hall–Kier alpha value is -0.470. The maximum atomic E-state index is 12.0. The number of halogens is 3. The van der Waals surface area contributed by atoms with Gasteiger partial charge in [0.25, 0.3) is 0 Å². The number of alkyl halides is 3. The molecule has 0 aromatic carbocycles. The molecule has 0 aliphatic heterocycles. The first-order chi connectivity index (χ1) is 5.89. The standard InChI is InChI=1S/C5H4F3NO2S2/c6-5(7,8)3-1-9-4(12-3)2-13(10)11/h1H,2H2,(H,10,11). The number of thiazole rings is 1. The normalized spacial score (nSPS) is 14.5. The Labute approximate surface area is 77.9 Å². The van der Waals surface area contributed by atoms with Crippen LogP contribution in [-0.4, -0.2) is 13.7 Å². The molecule has 1 aromatic heterocycles. The number of hydrogen-bond acceptors (Lipinski definition) is 3. The molecule has 8 heteroatoms. The van der Waals surface area contributed by atoms with Crippen LogP contribution in [0.4, 0.5) is 13.2 Å². The molecule has 1 rings (SSSR count). The minimum absolute atomic E-state index is 0.00755. The van der Waals surface area contributed by atoms with E-state index in [1.54, 1.807) is 0 Å². The molecule has 1 atom stereocenters. The first-order valence-electron chi connectivity index (χ1n) is 2.99. The van der Waals surface area contributed by atoms with E-state index >= 15 is 0 Å². The summed E-state index contributed by atoms with van der Waals surface area (Å²) in [6, 6.07) is 0. The maximum Gasteiger partial charge on any atom is 0.427 e. The van der Waals surface area contributed by atoms with Crippen molar-refractivity contribution < 1.29 is 21.9 Å². The zero-order chi connectivity index (χ0) is 10.1. The Morgan fingerprint density at radius 2 is 2.23 bits per heavy atom. The van der Waals surface area contributed by atoms with E-state index < -0.39 is 22.1 Å². The zero-order valence-electron chi connectivity index (χ0n) is 6.04. The Bertz CT molecular complexity index is 322. The van der Waals surface area contributed by atoms with E-state index in [1.165, 1.54) is 0 Å². The van der Waals surface area contributed by atoms with Crippen molar-refractivity contribution >= 4 is 22.4 Å². The van der Waals surface area contributed by atoms with Crippen LogP contribution in [0.3, 0.4) is 0 Å². The lowest BCUT2D eigenvalue weighted by molar-refractivity contribution is -0.134. The van der Waals surface area contributed by atoms with Gasteiger partial charge in [0.2, 0.25) is 0 Å². The quantitative estimate of drug-likeness (QED) is 0.790. The summed E-state index contributed by atoms with van der Waals surface area (Å²) in [6.07, 6.45) is -3.76. The topological polar surface area (TPSA) is 50.2 Å². The molecule has 0 fully saturated rings. The lowest BCUT2D eigenvalue weighted by Gasteiger charge is -1.99. The van der Waals surface area contributed by atoms with Crippen LogP contribution >= 0.6 is 11.3 Å². The van der Waals surface area contributed by atoms with Gasteiger partial charge in [0, 0.05) is 0 Å². The van der Waals surface area contributed by atoms with Gasteiger partial charge in [0.1, 0.15) is 15.6 Å². The highest BCUT2D eigenvalue weighted by Crippen LogP contribution is 2.33. The fourth-order valence-corrected chi connectivity index (χ4v) is 2.02. The van der Waals surface area contributed by atoms with Gasteiger partial charge in [-0.2, -0.15) is 13.2 Å². The second-order valence-electron chi connectivity index (χ2n) is 2.08. The third-order valence-electron chi connectivity index (χ3n) is 1.08. The van der Waals surface area contributed by atoms with Crippen LogP contribution in [0.15, 0.2) is 6.20 Å². The summed E-state index contributed by atoms with van der Waals surface area (Å²) in [4.78, 5) is 2.51. The van der Waals surface area contributed by atoms with Crippen LogP contribution in [0.5, 0.6) is 0 Å². The summed E-state index contributed by atoms with van der Waals surface area (Å²) in [6.45, 7) is 0. The van der Waals surface area contributed by atoms with E-state index in [0.29, 0.717) is 17.5 Å². The smallest absolute Gasteiger partial charge is 0.306 e. The molecule has 0 aliphatic rings. The van der Waals surface area contributed by atoms with Crippen LogP contribution in [-0.2, 0) is 23.0 Å². The molecule has 0 aliphatic carbocycles.